The van der Waals surface area contributed by atoms with Gasteiger partial charge in [0, 0.05) is 20.3 Å². The minimum Gasteiger partial charge on any atom is -0.477 e. The molecule has 0 atom stereocenters. The molecular formula is C9H12N2O2. The second kappa shape index (κ2) is 4.99. The number of nitriles is 1. The van der Waals surface area contributed by atoms with Gasteiger partial charge in [-0.25, -0.2) is 4.79 Å². The fourth-order valence-electron chi connectivity index (χ4n) is 0.814. The molecule has 0 unspecified atom stereocenters. The van der Waals surface area contributed by atoms with Crippen LogP contribution in [-0.4, -0.2) is 30.1 Å². The largest absolute Gasteiger partial charge is 0.477 e. The van der Waals surface area contributed by atoms with Gasteiger partial charge in [0.15, 0.2) is 0 Å². The van der Waals surface area contributed by atoms with Crippen LogP contribution in [0.1, 0.15) is 6.92 Å². The van der Waals surface area contributed by atoms with E-state index in [9.17, 15) is 4.79 Å². The molecule has 0 bridgehead atoms. The zero-order valence-corrected chi connectivity index (χ0v) is 7.90. The first kappa shape index (κ1) is 11.2. The van der Waals surface area contributed by atoms with E-state index in [0.717, 1.165) is 5.57 Å². The first-order valence-electron chi connectivity index (χ1n) is 3.67. The highest BCUT2D eigenvalue weighted by atomic mass is 16.4. The summed E-state index contributed by atoms with van der Waals surface area (Å²) in [6.07, 6.45) is 3.07. The SMILES string of the molecule is CC(=CN(C)C)C=C(C#N)C(=O)O. The first-order chi connectivity index (χ1) is 5.97. The normalized spacial score (nSPS) is 12.2. The van der Waals surface area contributed by atoms with Crippen LogP contribution in [0.5, 0.6) is 0 Å². The van der Waals surface area contributed by atoms with E-state index >= 15 is 0 Å². The molecule has 0 aliphatic heterocycles. The summed E-state index contributed by atoms with van der Waals surface area (Å²) in [4.78, 5) is 12.2. The minimum absolute atomic E-state index is 0.254. The maximum Gasteiger partial charge on any atom is 0.346 e. The molecule has 0 spiro atoms. The number of carbonyl (C=O) groups is 1. The Kier molecular flexibility index (Phi) is 4.31. The summed E-state index contributed by atoms with van der Waals surface area (Å²) in [6, 6.07) is 1.61. The summed E-state index contributed by atoms with van der Waals surface area (Å²) in [5.74, 6) is -1.20. The number of carboxylic acid groups (broad SMARTS) is 1. The van der Waals surface area contributed by atoms with Gasteiger partial charge in [-0.15, -0.1) is 0 Å². The number of rotatable bonds is 3. The average Bonchev–Trinajstić information content (AvgIpc) is 1.98. The minimum atomic E-state index is -1.20. The van der Waals surface area contributed by atoms with Crippen molar-refractivity contribution in [2.75, 3.05) is 14.1 Å². The quantitative estimate of drug-likeness (QED) is 0.399. The Labute approximate surface area is 77.4 Å². The molecule has 1 N–H and O–H groups in total. The van der Waals surface area contributed by atoms with Crippen LogP contribution >= 0.6 is 0 Å². The third-order valence-corrected chi connectivity index (χ3v) is 1.18. The standard InChI is InChI=1S/C9H12N2O2/c1-7(6-11(2)3)4-8(5-10)9(12)13/h4,6H,1-3H3,(H,12,13). The maximum absolute atomic E-state index is 10.4. The van der Waals surface area contributed by atoms with Crippen LogP contribution in [0.2, 0.25) is 0 Å². The molecule has 0 aromatic heterocycles. The average molecular weight is 180 g/mol. The van der Waals surface area contributed by atoms with Crippen molar-refractivity contribution in [3.63, 3.8) is 0 Å². The third-order valence-electron chi connectivity index (χ3n) is 1.18. The number of hydrogen-bond donors (Lipinski definition) is 1. The van der Waals surface area contributed by atoms with Crippen LogP contribution in [0.4, 0.5) is 0 Å². The van der Waals surface area contributed by atoms with Crippen LogP contribution in [0.3, 0.4) is 0 Å². The molecule has 13 heavy (non-hydrogen) atoms. The fraction of sp³-hybridized carbons (Fsp3) is 0.333. The second-order valence-corrected chi connectivity index (χ2v) is 2.81. The van der Waals surface area contributed by atoms with Crippen molar-refractivity contribution in [1.82, 2.24) is 4.90 Å². The van der Waals surface area contributed by atoms with E-state index in [1.165, 1.54) is 6.08 Å². The van der Waals surface area contributed by atoms with Crippen LogP contribution in [-0.2, 0) is 4.79 Å². The van der Waals surface area contributed by atoms with Gasteiger partial charge in [0.05, 0.1) is 0 Å². The first-order valence-corrected chi connectivity index (χ1v) is 3.67. The lowest BCUT2D eigenvalue weighted by atomic mass is 10.2. The molecule has 0 aliphatic carbocycles. The topological polar surface area (TPSA) is 64.3 Å². The van der Waals surface area contributed by atoms with Gasteiger partial charge in [-0.05, 0) is 18.6 Å². The molecule has 70 valence electrons. The van der Waals surface area contributed by atoms with Gasteiger partial charge in [-0.1, -0.05) is 0 Å². The second-order valence-electron chi connectivity index (χ2n) is 2.81. The molecule has 0 rings (SSSR count). The van der Waals surface area contributed by atoms with Crippen LogP contribution in [0.15, 0.2) is 23.4 Å². The summed E-state index contributed by atoms with van der Waals surface area (Å²) in [6.45, 7) is 1.74. The number of allylic oxidation sites excluding steroid dienone is 2. The molecule has 0 amide bonds. The number of aliphatic carboxylic acids is 1. The lowest BCUT2D eigenvalue weighted by Gasteiger charge is -2.04. The van der Waals surface area contributed by atoms with E-state index < -0.39 is 5.97 Å². The summed E-state index contributed by atoms with van der Waals surface area (Å²) in [5, 5.41) is 17.0. The third kappa shape index (κ3) is 4.64. The Morgan fingerprint density at radius 1 is 1.54 bits per heavy atom. The number of hydrogen-bond acceptors (Lipinski definition) is 3. The van der Waals surface area contributed by atoms with Crippen LogP contribution < -0.4 is 0 Å². The lowest BCUT2D eigenvalue weighted by Crippen LogP contribution is -2.02. The van der Waals surface area contributed by atoms with E-state index in [1.54, 1.807) is 24.1 Å². The summed E-state index contributed by atoms with van der Waals surface area (Å²) < 4.78 is 0. The molecule has 0 fully saturated rings. The molecule has 0 aromatic rings. The van der Waals surface area contributed by atoms with Gasteiger partial charge in [-0.2, -0.15) is 5.26 Å². The Bertz CT molecular complexity index is 295. The molecular weight excluding hydrogens is 168 g/mol. The lowest BCUT2D eigenvalue weighted by molar-refractivity contribution is -0.132. The van der Waals surface area contributed by atoms with Crippen molar-refractivity contribution in [3.05, 3.63) is 23.4 Å². The highest BCUT2D eigenvalue weighted by Gasteiger charge is 2.04. The van der Waals surface area contributed by atoms with Crippen molar-refractivity contribution in [2.45, 2.75) is 6.92 Å². The van der Waals surface area contributed by atoms with Crippen LogP contribution in [0.25, 0.3) is 0 Å². The zero-order chi connectivity index (χ0) is 10.4. The Balaban J connectivity index is 4.73. The van der Waals surface area contributed by atoms with E-state index in [4.69, 9.17) is 10.4 Å². The summed E-state index contributed by atoms with van der Waals surface area (Å²) >= 11 is 0. The van der Waals surface area contributed by atoms with E-state index in [-0.39, 0.29) is 5.57 Å². The Morgan fingerprint density at radius 2 is 2.08 bits per heavy atom. The fourth-order valence-corrected chi connectivity index (χ4v) is 0.814. The maximum atomic E-state index is 10.4. The summed E-state index contributed by atoms with van der Waals surface area (Å²) in [7, 11) is 3.65. The van der Waals surface area contributed by atoms with Gasteiger partial charge in [0.1, 0.15) is 11.6 Å². The van der Waals surface area contributed by atoms with E-state index in [2.05, 4.69) is 0 Å². The van der Waals surface area contributed by atoms with Crippen LogP contribution in [0, 0.1) is 11.3 Å². The molecule has 0 aliphatic rings. The molecule has 4 nitrogen and oxygen atoms in total. The molecule has 0 radical (unpaired) electrons. The zero-order valence-electron chi connectivity index (χ0n) is 7.90. The Hall–Kier alpha value is -1.76. The predicted octanol–water partition coefficient (Wildman–Crippen LogP) is 0.986. The smallest absolute Gasteiger partial charge is 0.346 e. The van der Waals surface area contributed by atoms with Gasteiger partial charge >= 0.3 is 5.97 Å². The highest BCUT2D eigenvalue weighted by molar-refractivity contribution is 5.91. The highest BCUT2D eigenvalue weighted by Crippen LogP contribution is 2.02. The van der Waals surface area contributed by atoms with E-state index in [1.807, 2.05) is 14.1 Å². The van der Waals surface area contributed by atoms with Gasteiger partial charge in [0.25, 0.3) is 0 Å². The number of nitrogens with zero attached hydrogens (tertiary/aromatic N) is 2. The van der Waals surface area contributed by atoms with Gasteiger partial charge in [0.2, 0.25) is 0 Å². The molecule has 0 saturated carbocycles. The van der Waals surface area contributed by atoms with Gasteiger partial charge in [-0.3, -0.25) is 0 Å². The predicted molar refractivity (Wildman–Crippen MR) is 48.8 cm³/mol. The van der Waals surface area contributed by atoms with Crippen molar-refractivity contribution in [3.8, 4) is 6.07 Å². The molecule has 0 heterocycles. The van der Waals surface area contributed by atoms with Crippen molar-refractivity contribution >= 4 is 5.97 Å². The monoisotopic (exact) mass is 180 g/mol. The van der Waals surface area contributed by atoms with Gasteiger partial charge < -0.3 is 10.0 Å². The van der Waals surface area contributed by atoms with E-state index in [0.29, 0.717) is 0 Å². The Morgan fingerprint density at radius 3 is 2.38 bits per heavy atom. The van der Waals surface area contributed by atoms with Crippen molar-refractivity contribution < 1.29 is 9.90 Å². The summed E-state index contributed by atoms with van der Waals surface area (Å²) in [5.41, 5.74) is 0.472. The number of carboxylic acids is 1. The molecule has 0 saturated heterocycles. The molecule has 0 aromatic carbocycles. The molecule has 4 heteroatoms. The van der Waals surface area contributed by atoms with Crippen molar-refractivity contribution in [1.29, 1.82) is 5.26 Å². The van der Waals surface area contributed by atoms with Crippen molar-refractivity contribution in [2.24, 2.45) is 0 Å².